The number of hydrogen-bond acceptors (Lipinski definition) is 6. The fourth-order valence-corrected chi connectivity index (χ4v) is 3.56. The molecule has 2 aromatic rings. The molecule has 30 heavy (non-hydrogen) atoms. The van der Waals surface area contributed by atoms with E-state index in [4.69, 9.17) is 14.2 Å². The van der Waals surface area contributed by atoms with E-state index in [1.165, 1.54) is 7.11 Å². The van der Waals surface area contributed by atoms with Gasteiger partial charge in [0.1, 0.15) is 11.9 Å². The fraction of sp³-hybridized carbons (Fsp3) is 0.364. The van der Waals surface area contributed by atoms with Gasteiger partial charge in [0.15, 0.2) is 18.1 Å². The SMILES string of the molecule is COc1ccc2cc1OCC(=O)NCc1ccc(cc1)O[C@@H]1CCNC[C@@H]1NC2=O. The third kappa shape index (κ3) is 4.65. The van der Waals surface area contributed by atoms with E-state index in [1.54, 1.807) is 18.2 Å². The Labute approximate surface area is 174 Å². The molecule has 158 valence electrons. The summed E-state index contributed by atoms with van der Waals surface area (Å²) in [6.07, 6.45) is 0.630. The van der Waals surface area contributed by atoms with E-state index >= 15 is 0 Å². The molecule has 1 saturated heterocycles. The number of rotatable bonds is 1. The van der Waals surface area contributed by atoms with Crippen LogP contribution in [0.5, 0.6) is 17.2 Å². The standard InChI is InChI=1S/C22H25N3O5/c1-28-19-7-4-15-10-20(19)29-13-21(26)24-11-14-2-5-16(6-3-14)30-18-8-9-23-12-17(18)25-22(15)27/h2-7,10,17-18,23H,8-9,11-13H2,1H3,(H,24,26)(H,25,27)/t17-,18+/m0/s1. The third-order valence-corrected chi connectivity index (χ3v) is 5.22. The molecular formula is C22H25N3O5. The summed E-state index contributed by atoms with van der Waals surface area (Å²) in [7, 11) is 1.51. The average molecular weight is 411 g/mol. The maximum Gasteiger partial charge on any atom is 0.258 e. The Morgan fingerprint density at radius 2 is 1.93 bits per heavy atom. The smallest absolute Gasteiger partial charge is 0.258 e. The van der Waals surface area contributed by atoms with E-state index in [0.29, 0.717) is 30.2 Å². The van der Waals surface area contributed by atoms with Gasteiger partial charge in [-0.1, -0.05) is 12.1 Å². The molecule has 3 heterocycles. The topological polar surface area (TPSA) is 97.9 Å². The predicted molar refractivity (Wildman–Crippen MR) is 110 cm³/mol. The summed E-state index contributed by atoms with van der Waals surface area (Å²) in [4.78, 5) is 25.1. The van der Waals surface area contributed by atoms with E-state index in [1.807, 2.05) is 24.3 Å². The van der Waals surface area contributed by atoms with Gasteiger partial charge in [0.2, 0.25) is 0 Å². The Balaban J connectivity index is 1.63. The number of hydrogen-bond donors (Lipinski definition) is 3. The van der Waals surface area contributed by atoms with Crippen LogP contribution in [0.15, 0.2) is 42.5 Å². The molecule has 3 aliphatic rings. The molecule has 0 spiro atoms. The second-order valence-electron chi connectivity index (χ2n) is 7.30. The van der Waals surface area contributed by atoms with Gasteiger partial charge in [-0.2, -0.15) is 0 Å². The largest absolute Gasteiger partial charge is 0.493 e. The molecule has 2 atom stereocenters. The Hall–Kier alpha value is -3.26. The van der Waals surface area contributed by atoms with Crippen molar-refractivity contribution in [3.8, 4) is 17.2 Å². The van der Waals surface area contributed by atoms with Gasteiger partial charge in [0.05, 0.1) is 13.2 Å². The summed E-state index contributed by atoms with van der Waals surface area (Å²) in [5, 5.41) is 9.18. The lowest BCUT2D eigenvalue weighted by Crippen LogP contribution is -2.55. The molecule has 2 amide bonds. The van der Waals surface area contributed by atoms with Gasteiger partial charge in [-0.15, -0.1) is 0 Å². The highest BCUT2D eigenvalue weighted by molar-refractivity contribution is 5.95. The van der Waals surface area contributed by atoms with Crippen LogP contribution in [-0.2, 0) is 11.3 Å². The highest BCUT2D eigenvalue weighted by Gasteiger charge is 2.29. The van der Waals surface area contributed by atoms with Crippen molar-refractivity contribution in [2.24, 2.45) is 0 Å². The fourth-order valence-electron chi connectivity index (χ4n) is 3.56. The summed E-state index contributed by atoms with van der Waals surface area (Å²) >= 11 is 0. The number of methoxy groups -OCH3 is 1. The molecule has 8 nitrogen and oxygen atoms in total. The number of piperidine rings is 1. The number of nitrogens with one attached hydrogen (secondary N) is 3. The van der Waals surface area contributed by atoms with Crippen LogP contribution in [0.3, 0.4) is 0 Å². The van der Waals surface area contributed by atoms with Crippen molar-refractivity contribution in [1.82, 2.24) is 16.0 Å². The van der Waals surface area contributed by atoms with Crippen molar-refractivity contribution in [2.75, 3.05) is 26.8 Å². The van der Waals surface area contributed by atoms with Crippen LogP contribution in [0, 0.1) is 0 Å². The summed E-state index contributed by atoms with van der Waals surface area (Å²) in [5.41, 5.74) is 1.37. The first-order valence-corrected chi connectivity index (χ1v) is 9.97. The molecule has 0 unspecified atom stereocenters. The highest BCUT2D eigenvalue weighted by Crippen LogP contribution is 2.28. The second kappa shape index (κ2) is 9.04. The average Bonchev–Trinajstić information content (AvgIpc) is 2.77. The van der Waals surface area contributed by atoms with Gasteiger partial charge < -0.3 is 30.2 Å². The molecule has 3 aliphatic heterocycles. The molecular weight excluding hydrogens is 386 g/mol. The maximum absolute atomic E-state index is 12.9. The number of amides is 2. The Kier molecular flexibility index (Phi) is 6.04. The molecule has 0 aromatic heterocycles. The first kappa shape index (κ1) is 20.0. The van der Waals surface area contributed by atoms with Crippen LogP contribution in [0.1, 0.15) is 22.3 Å². The first-order valence-electron chi connectivity index (χ1n) is 9.97. The van der Waals surface area contributed by atoms with Crippen molar-refractivity contribution in [1.29, 1.82) is 0 Å². The molecule has 3 N–H and O–H groups in total. The normalized spacial score (nSPS) is 21.9. The van der Waals surface area contributed by atoms with Gasteiger partial charge in [0.25, 0.3) is 11.8 Å². The van der Waals surface area contributed by atoms with Crippen molar-refractivity contribution in [3.05, 3.63) is 53.6 Å². The molecule has 0 saturated carbocycles. The highest BCUT2D eigenvalue weighted by atomic mass is 16.5. The Morgan fingerprint density at radius 1 is 1.10 bits per heavy atom. The maximum atomic E-state index is 12.9. The van der Waals surface area contributed by atoms with Crippen LogP contribution >= 0.6 is 0 Å². The van der Waals surface area contributed by atoms with Crippen molar-refractivity contribution in [2.45, 2.75) is 25.1 Å². The van der Waals surface area contributed by atoms with Crippen LogP contribution in [-0.4, -0.2) is 50.8 Å². The van der Waals surface area contributed by atoms with E-state index in [9.17, 15) is 9.59 Å². The summed E-state index contributed by atoms with van der Waals surface area (Å²) in [5.74, 6) is 1.01. The van der Waals surface area contributed by atoms with E-state index in [2.05, 4.69) is 16.0 Å². The molecule has 2 aromatic carbocycles. The van der Waals surface area contributed by atoms with Crippen LogP contribution in [0.4, 0.5) is 0 Å². The monoisotopic (exact) mass is 411 g/mol. The lowest BCUT2D eigenvalue weighted by Gasteiger charge is -2.33. The molecule has 8 heteroatoms. The second-order valence-corrected chi connectivity index (χ2v) is 7.30. The molecule has 5 rings (SSSR count). The number of carbonyl (C=O) groups is 2. The Morgan fingerprint density at radius 3 is 2.73 bits per heavy atom. The van der Waals surface area contributed by atoms with Crippen molar-refractivity contribution in [3.63, 3.8) is 0 Å². The molecule has 0 radical (unpaired) electrons. The lowest BCUT2D eigenvalue weighted by atomic mass is 10.0. The third-order valence-electron chi connectivity index (χ3n) is 5.22. The van der Waals surface area contributed by atoms with Gasteiger partial charge in [-0.3, -0.25) is 9.59 Å². The predicted octanol–water partition coefficient (Wildman–Crippen LogP) is 1.24. The van der Waals surface area contributed by atoms with Gasteiger partial charge in [-0.05, 0) is 48.9 Å². The molecule has 4 bridgehead atoms. The number of benzene rings is 2. The first-order chi connectivity index (χ1) is 14.6. The number of ether oxygens (including phenoxy) is 3. The Bertz CT molecular complexity index is 915. The van der Waals surface area contributed by atoms with Crippen molar-refractivity contribution < 1.29 is 23.8 Å². The zero-order chi connectivity index (χ0) is 20.9. The van der Waals surface area contributed by atoms with Gasteiger partial charge >= 0.3 is 0 Å². The van der Waals surface area contributed by atoms with Crippen LogP contribution < -0.4 is 30.2 Å². The lowest BCUT2D eigenvalue weighted by molar-refractivity contribution is -0.123. The zero-order valence-corrected chi connectivity index (χ0v) is 16.8. The van der Waals surface area contributed by atoms with Crippen LogP contribution in [0.2, 0.25) is 0 Å². The molecule has 0 aliphatic carbocycles. The minimum Gasteiger partial charge on any atom is -0.493 e. The van der Waals surface area contributed by atoms with Gasteiger partial charge in [0, 0.05) is 18.7 Å². The number of fused-ring (bicyclic) bond motifs is 7. The van der Waals surface area contributed by atoms with E-state index in [0.717, 1.165) is 24.3 Å². The minimum atomic E-state index is -0.270. The zero-order valence-electron chi connectivity index (χ0n) is 16.8. The van der Waals surface area contributed by atoms with Crippen LogP contribution in [0.25, 0.3) is 0 Å². The summed E-state index contributed by atoms with van der Waals surface area (Å²) in [6.45, 7) is 1.64. The summed E-state index contributed by atoms with van der Waals surface area (Å²) < 4.78 is 17.1. The van der Waals surface area contributed by atoms with E-state index < -0.39 is 0 Å². The van der Waals surface area contributed by atoms with Gasteiger partial charge in [-0.25, -0.2) is 0 Å². The van der Waals surface area contributed by atoms with E-state index in [-0.39, 0.29) is 30.6 Å². The quantitative estimate of drug-likeness (QED) is 0.653. The van der Waals surface area contributed by atoms with Crippen molar-refractivity contribution >= 4 is 11.8 Å². The molecule has 1 fully saturated rings. The summed E-state index contributed by atoms with van der Waals surface area (Å²) in [6, 6.07) is 12.3. The number of carbonyl (C=O) groups excluding carboxylic acids is 2. The minimum absolute atomic E-state index is 0.148.